The van der Waals surface area contributed by atoms with E-state index in [9.17, 15) is 13.2 Å². The van der Waals surface area contributed by atoms with E-state index in [1.165, 1.54) is 4.90 Å². The zero-order valence-electron chi connectivity index (χ0n) is 15.2. The lowest BCUT2D eigenvalue weighted by atomic mass is 10.2. The van der Waals surface area contributed by atoms with Crippen LogP contribution in [0, 0.1) is 0 Å². The summed E-state index contributed by atoms with van der Waals surface area (Å²) in [5.41, 5.74) is 2.36. The SMILES string of the molecule is C[C@H](C(=O)N(C)Cc1cc(C2CC2)n[nH]1)N(c1ccccc1)S(C)(=O)=O. The van der Waals surface area contributed by atoms with Gasteiger partial charge >= 0.3 is 0 Å². The van der Waals surface area contributed by atoms with Crippen LogP contribution in [0.4, 0.5) is 5.69 Å². The molecule has 1 aromatic carbocycles. The van der Waals surface area contributed by atoms with Crippen LogP contribution in [0.5, 0.6) is 0 Å². The van der Waals surface area contributed by atoms with Crippen molar-refractivity contribution in [3.8, 4) is 0 Å². The average molecular weight is 376 g/mol. The fourth-order valence-electron chi connectivity index (χ4n) is 3.08. The Kier molecular flexibility index (Phi) is 5.04. The van der Waals surface area contributed by atoms with Crippen molar-refractivity contribution in [2.45, 2.75) is 38.3 Å². The van der Waals surface area contributed by atoms with Crippen LogP contribution in [-0.2, 0) is 21.4 Å². The van der Waals surface area contributed by atoms with E-state index in [1.807, 2.05) is 6.07 Å². The first-order valence-electron chi connectivity index (χ1n) is 8.61. The van der Waals surface area contributed by atoms with Gasteiger partial charge in [0.05, 0.1) is 29.9 Å². The molecule has 0 radical (unpaired) electrons. The van der Waals surface area contributed by atoms with E-state index in [4.69, 9.17) is 0 Å². The molecule has 7 nitrogen and oxygen atoms in total. The number of sulfonamides is 1. The molecule has 3 rings (SSSR count). The molecule has 1 N–H and O–H groups in total. The predicted molar refractivity (Wildman–Crippen MR) is 100 cm³/mol. The smallest absolute Gasteiger partial charge is 0.246 e. The molecule has 0 spiro atoms. The van der Waals surface area contributed by atoms with Crippen LogP contribution in [0.1, 0.15) is 37.1 Å². The van der Waals surface area contributed by atoms with Gasteiger partial charge in [-0.05, 0) is 38.0 Å². The average Bonchev–Trinajstić information content (AvgIpc) is 3.34. The minimum atomic E-state index is -3.60. The van der Waals surface area contributed by atoms with Gasteiger partial charge < -0.3 is 4.90 Å². The summed E-state index contributed by atoms with van der Waals surface area (Å²) in [6.45, 7) is 1.96. The number of benzene rings is 1. The number of aromatic nitrogens is 2. The molecule has 1 fully saturated rings. The predicted octanol–water partition coefficient (Wildman–Crippen LogP) is 2.10. The van der Waals surface area contributed by atoms with Crippen molar-refractivity contribution in [2.75, 3.05) is 17.6 Å². The summed E-state index contributed by atoms with van der Waals surface area (Å²) in [7, 11) is -1.93. The number of rotatable bonds is 7. The van der Waals surface area contributed by atoms with Crippen molar-refractivity contribution < 1.29 is 13.2 Å². The largest absolute Gasteiger partial charge is 0.338 e. The molecule has 1 amide bonds. The van der Waals surface area contributed by atoms with Crippen LogP contribution >= 0.6 is 0 Å². The van der Waals surface area contributed by atoms with Crippen molar-refractivity contribution in [2.24, 2.45) is 0 Å². The first kappa shape index (κ1) is 18.4. The van der Waals surface area contributed by atoms with E-state index < -0.39 is 16.1 Å². The lowest BCUT2D eigenvalue weighted by Gasteiger charge is -2.31. The molecule has 0 saturated heterocycles. The lowest BCUT2D eigenvalue weighted by Crippen LogP contribution is -2.48. The van der Waals surface area contributed by atoms with Crippen LogP contribution in [-0.4, -0.2) is 48.8 Å². The van der Waals surface area contributed by atoms with Crippen LogP contribution in [0.3, 0.4) is 0 Å². The Hall–Kier alpha value is -2.35. The van der Waals surface area contributed by atoms with E-state index in [0.717, 1.165) is 34.8 Å². The Bertz CT molecular complexity index is 875. The molecule has 140 valence electrons. The Morgan fingerprint density at radius 2 is 1.96 bits per heavy atom. The summed E-state index contributed by atoms with van der Waals surface area (Å²) in [4.78, 5) is 14.4. The highest BCUT2D eigenvalue weighted by Gasteiger charge is 2.31. The summed E-state index contributed by atoms with van der Waals surface area (Å²) in [5.74, 6) is 0.264. The summed E-state index contributed by atoms with van der Waals surface area (Å²) in [5, 5.41) is 7.26. The summed E-state index contributed by atoms with van der Waals surface area (Å²) >= 11 is 0. The molecule has 1 atom stereocenters. The van der Waals surface area contributed by atoms with E-state index in [1.54, 1.807) is 44.3 Å². The van der Waals surface area contributed by atoms with Crippen molar-refractivity contribution in [3.05, 3.63) is 47.8 Å². The molecular weight excluding hydrogens is 352 g/mol. The maximum absolute atomic E-state index is 12.8. The number of amides is 1. The fraction of sp³-hybridized carbons (Fsp3) is 0.444. The number of aromatic amines is 1. The van der Waals surface area contributed by atoms with Crippen molar-refractivity contribution in [3.63, 3.8) is 0 Å². The molecular formula is C18H24N4O3S. The Morgan fingerprint density at radius 1 is 1.31 bits per heavy atom. The first-order valence-corrected chi connectivity index (χ1v) is 10.5. The van der Waals surface area contributed by atoms with Gasteiger partial charge in [0, 0.05) is 13.0 Å². The van der Waals surface area contributed by atoms with Gasteiger partial charge in [0.25, 0.3) is 0 Å². The number of para-hydroxylation sites is 1. The second-order valence-corrected chi connectivity index (χ2v) is 8.72. The van der Waals surface area contributed by atoms with Gasteiger partial charge in [0.1, 0.15) is 6.04 Å². The zero-order valence-corrected chi connectivity index (χ0v) is 16.0. The molecule has 8 heteroatoms. The summed E-state index contributed by atoms with van der Waals surface area (Å²) < 4.78 is 25.7. The number of carbonyl (C=O) groups excluding carboxylic acids is 1. The number of anilines is 1. The normalized spacial score (nSPS) is 15.5. The number of nitrogens with zero attached hydrogens (tertiary/aromatic N) is 3. The maximum atomic E-state index is 12.8. The Morgan fingerprint density at radius 3 is 2.54 bits per heavy atom. The van der Waals surface area contributed by atoms with E-state index in [2.05, 4.69) is 10.2 Å². The number of H-pyrrole nitrogens is 1. The number of nitrogens with one attached hydrogen (secondary N) is 1. The molecule has 26 heavy (non-hydrogen) atoms. The molecule has 0 bridgehead atoms. The number of carbonyl (C=O) groups is 1. The maximum Gasteiger partial charge on any atom is 0.246 e. The number of hydrogen-bond acceptors (Lipinski definition) is 4. The highest BCUT2D eigenvalue weighted by molar-refractivity contribution is 7.92. The highest BCUT2D eigenvalue weighted by atomic mass is 32.2. The van der Waals surface area contributed by atoms with E-state index in [0.29, 0.717) is 18.2 Å². The van der Waals surface area contributed by atoms with Crippen molar-refractivity contribution >= 4 is 21.6 Å². The molecule has 1 saturated carbocycles. The monoisotopic (exact) mass is 376 g/mol. The van der Waals surface area contributed by atoms with Crippen LogP contribution in [0.25, 0.3) is 0 Å². The van der Waals surface area contributed by atoms with Crippen molar-refractivity contribution in [1.29, 1.82) is 0 Å². The molecule has 1 aliphatic rings. The first-order chi connectivity index (χ1) is 12.3. The van der Waals surface area contributed by atoms with Crippen molar-refractivity contribution in [1.82, 2.24) is 15.1 Å². The third-order valence-electron chi connectivity index (χ3n) is 4.51. The lowest BCUT2D eigenvalue weighted by molar-refractivity contribution is -0.131. The second kappa shape index (κ2) is 7.11. The van der Waals surface area contributed by atoms with Gasteiger partial charge in [-0.15, -0.1) is 0 Å². The molecule has 1 heterocycles. The summed E-state index contributed by atoms with van der Waals surface area (Å²) in [6.07, 6.45) is 3.44. The highest BCUT2D eigenvalue weighted by Crippen LogP contribution is 2.39. The summed E-state index contributed by atoms with van der Waals surface area (Å²) in [6, 6.07) is 9.80. The Balaban J connectivity index is 1.75. The topological polar surface area (TPSA) is 86.4 Å². The van der Waals surface area contributed by atoms with Gasteiger partial charge in [0.15, 0.2) is 0 Å². The zero-order chi connectivity index (χ0) is 18.9. The third-order valence-corrected chi connectivity index (χ3v) is 5.75. The molecule has 2 aromatic rings. The fourth-order valence-corrected chi connectivity index (χ4v) is 4.25. The number of hydrogen-bond donors (Lipinski definition) is 1. The van der Waals surface area contributed by atoms with Crippen LogP contribution in [0.2, 0.25) is 0 Å². The molecule has 0 unspecified atom stereocenters. The molecule has 1 aromatic heterocycles. The standard InChI is InChI=1S/C18H24N4O3S/c1-13(22(26(3,24)25)16-7-5-4-6-8-16)18(23)21(2)12-15-11-17(20-19-15)14-9-10-14/h4-8,11,13-14H,9-10,12H2,1-3H3,(H,19,20)/t13-/m1/s1. The number of likely N-dealkylation sites (N-methyl/N-ethyl adjacent to an activating group) is 1. The van der Waals surface area contributed by atoms with Gasteiger partial charge in [-0.1, -0.05) is 18.2 Å². The third kappa shape index (κ3) is 4.07. The van der Waals surface area contributed by atoms with Crippen LogP contribution < -0.4 is 4.31 Å². The quantitative estimate of drug-likeness (QED) is 0.802. The molecule has 1 aliphatic carbocycles. The minimum Gasteiger partial charge on any atom is -0.338 e. The van der Waals surface area contributed by atoms with Gasteiger partial charge in [-0.2, -0.15) is 5.10 Å². The van der Waals surface area contributed by atoms with Gasteiger partial charge in [-0.3, -0.25) is 14.2 Å². The molecule has 0 aliphatic heterocycles. The van der Waals surface area contributed by atoms with Crippen LogP contribution in [0.15, 0.2) is 36.4 Å². The minimum absolute atomic E-state index is 0.276. The van der Waals surface area contributed by atoms with Gasteiger partial charge in [0.2, 0.25) is 15.9 Å². The second-order valence-electron chi connectivity index (χ2n) is 6.86. The van der Waals surface area contributed by atoms with E-state index >= 15 is 0 Å². The Labute approximate surface area is 154 Å². The van der Waals surface area contributed by atoms with Gasteiger partial charge in [-0.25, -0.2) is 8.42 Å². The van der Waals surface area contributed by atoms with E-state index in [-0.39, 0.29) is 5.91 Å².